The number of halogens is 3. The maximum absolute atomic E-state index is 13.1. The maximum Gasteiger partial charge on any atom is 0.263 e. The van der Waals surface area contributed by atoms with Crippen molar-refractivity contribution in [1.29, 1.82) is 0 Å². The summed E-state index contributed by atoms with van der Waals surface area (Å²) < 4.78 is 35.3. The van der Waals surface area contributed by atoms with Gasteiger partial charge in [-0.15, -0.1) is 0 Å². The van der Waals surface area contributed by atoms with Gasteiger partial charge in [0.25, 0.3) is 9.05 Å². The monoisotopic (exact) mass is 267 g/mol. The highest BCUT2D eigenvalue weighted by Gasteiger charge is 2.17. The van der Waals surface area contributed by atoms with Crippen LogP contribution in [-0.4, -0.2) is 13.4 Å². The van der Waals surface area contributed by atoms with E-state index >= 15 is 0 Å². The van der Waals surface area contributed by atoms with Crippen molar-refractivity contribution in [3.05, 3.63) is 29.2 Å². The minimum absolute atomic E-state index is 0.0807. The van der Waals surface area contributed by atoms with Crippen LogP contribution < -0.4 is 0 Å². The van der Waals surface area contributed by atoms with Gasteiger partial charge in [-0.05, 0) is 12.1 Å². The Morgan fingerprint density at radius 2 is 2.00 bits per heavy atom. The Kier molecular flexibility index (Phi) is 2.41. The van der Waals surface area contributed by atoms with E-state index in [1.165, 1.54) is 12.3 Å². The van der Waals surface area contributed by atoms with Crippen LogP contribution in [0.1, 0.15) is 0 Å². The zero-order valence-electron chi connectivity index (χ0n) is 7.09. The molecule has 0 saturated carbocycles. The molecule has 1 aromatic carbocycles. The van der Waals surface area contributed by atoms with Crippen molar-refractivity contribution in [3.8, 4) is 0 Å². The van der Waals surface area contributed by atoms with Gasteiger partial charge in [0.1, 0.15) is 10.7 Å². The number of H-pyrrole nitrogens is 1. The molecule has 2 aromatic rings. The van der Waals surface area contributed by atoms with Gasteiger partial charge < -0.3 is 4.98 Å². The number of fused-ring (bicyclic) bond motifs is 1. The molecular weight excluding hydrogens is 264 g/mol. The van der Waals surface area contributed by atoms with E-state index in [1.54, 1.807) is 0 Å². The van der Waals surface area contributed by atoms with Gasteiger partial charge in [-0.3, -0.25) is 0 Å². The molecule has 0 fully saturated rings. The Bertz CT molecular complexity index is 635. The first-order valence-electron chi connectivity index (χ1n) is 3.80. The van der Waals surface area contributed by atoms with Crippen LogP contribution in [0.25, 0.3) is 10.9 Å². The first-order chi connectivity index (χ1) is 6.89. The van der Waals surface area contributed by atoms with E-state index in [0.29, 0.717) is 5.52 Å². The van der Waals surface area contributed by atoms with Gasteiger partial charge in [-0.25, -0.2) is 12.8 Å². The molecular formula is C8H4Cl2FNO2S. The zero-order chi connectivity index (χ0) is 11.2. The second kappa shape index (κ2) is 3.37. The number of aromatic amines is 1. The van der Waals surface area contributed by atoms with E-state index in [9.17, 15) is 12.8 Å². The molecule has 0 aliphatic carbocycles. The number of hydrogen-bond acceptors (Lipinski definition) is 2. The third kappa shape index (κ3) is 1.82. The molecule has 0 aliphatic rings. The van der Waals surface area contributed by atoms with Crippen LogP contribution in [-0.2, 0) is 9.05 Å². The summed E-state index contributed by atoms with van der Waals surface area (Å²) >= 11 is 5.53. The maximum atomic E-state index is 13.1. The fraction of sp³-hybridized carbons (Fsp3) is 0. The van der Waals surface area contributed by atoms with Crippen LogP contribution in [0.4, 0.5) is 4.39 Å². The van der Waals surface area contributed by atoms with Gasteiger partial charge in [-0.1, -0.05) is 11.6 Å². The highest BCUT2D eigenvalue weighted by Crippen LogP contribution is 2.29. The largest absolute Gasteiger partial charge is 0.360 e. The van der Waals surface area contributed by atoms with Gasteiger partial charge in [0.2, 0.25) is 0 Å². The molecule has 0 aliphatic heterocycles. The lowest BCUT2D eigenvalue weighted by Gasteiger charge is -1.96. The molecule has 15 heavy (non-hydrogen) atoms. The van der Waals surface area contributed by atoms with Crippen LogP contribution in [0.15, 0.2) is 23.2 Å². The highest BCUT2D eigenvalue weighted by molar-refractivity contribution is 8.14. The molecule has 0 bridgehead atoms. The molecule has 0 radical (unpaired) electrons. The van der Waals surface area contributed by atoms with Gasteiger partial charge in [0.05, 0.1) is 5.02 Å². The predicted octanol–water partition coefficient (Wildman–Crippen LogP) is 2.89. The van der Waals surface area contributed by atoms with Crippen molar-refractivity contribution in [2.45, 2.75) is 4.90 Å². The second-order valence-electron chi connectivity index (χ2n) is 2.90. The van der Waals surface area contributed by atoms with Crippen molar-refractivity contribution in [1.82, 2.24) is 4.98 Å². The van der Waals surface area contributed by atoms with Crippen molar-refractivity contribution >= 4 is 42.2 Å². The fourth-order valence-electron chi connectivity index (χ4n) is 1.29. The molecule has 0 unspecified atom stereocenters. The highest BCUT2D eigenvalue weighted by atomic mass is 35.7. The van der Waals surface area contributed by atoms with E-state index < -0.39 is 14.9 Å². The number of aromatic nitrogens is 1. The minimum Gasteiger partial charge on any atom is -0.360 e. The lowest BCUT2D eigenvalue weighted by Crippen LogP contribution is -1.88. The Labute approximate surface area is 94.2 Å². The normalized spacial score (nSPS) is 12.2. The van der Waals surface area contributed by atoms with Crippen molar-refractivity contribution < 1.29 is 12.8 Å². The van der Waals surface area contributed by atoms with Gasteiger partial charge in [0, 0.05) is 27.8 Å². The smallest absolute Gasteiger partial charge is 0.263 e. The molecule has 80 valence electrons. The first-order valence-corrected chi connectivity index (χ1v) is 6.49. The quantitative estimate of drug-likeness (QED) is 0.808. The van der Waals surface area contributed by atoms with Crippen LogP contribution >= 0.6 is 22.3 Å². The third-order valence-electron chi connectivity index (χ3n) is 1.95. The summed E-state index contributed by atoms with van der Waals surface area (Å²) in [6.07, 6.45) is 1.20. The van der Waals surface area contributed by atoms with E-state index in [4.69, 9.17) is 22.3 Å². The van der Waals surface area contributed by atoms with Gasteiger partial charge in [-0.2, -0.15) is 0 Å². The fourth-order valence-corrected chi connectivity index (χ4v) is 2.47. The summed E-state index contributed by atoms with van der Waals surface area (Å²) in [5.41, 5.74) is 0.417. The molecule has 0 spiro atoms. The molecule has 1 heterocycles. The topological polar surface area (TPSA) is 49.9 Å². The Hall–Kier alpha value is -0.780. The van der Waals surface area contributed by atoms with Gasteiger partial charge in [0.15, 0.2) is 0 Å². The number of benzene rings is 1. The standard InChI is InChI=1S/C8H4Cl2FNO2S/c9-5-2-7-4(1-6(5)11)8(3-12-7)15(10,13)14/h1-3,12H. The Morgan fingerprint density at radius 3 is 2.60 bits per heavy atom. The van der Waals surface area contributed by atoms with Crippen molar-refractivity contribution in [2.75, 3.05) is 0 Å². The van der Waals surface area contributed by atoms with E-state index in [2.05, 4.69) is 4.98 Å². The number of rotatable bonds is 1. The van der Waals surface area contributed by atoms with Crippen molar-refractivity contribution in [2.24, 2.45) is 0 Å². The second-order valence-corrected chi connectivity index (χ2v) is 5.84. The van der Waals surface area contributed by atoms with Gasteiger partial charge >= 0.3 is 0 Å². The van der Waals surface area contributed by atoms with E-state index in [1.807, 2.05) is 0 Å². The Morgan fingerprint density at radius 1 is 1.33 bits per heavy atom. The predicted molar refractivity (Wildman–Crippen MR) is 56.3 cm³/mol. The van der Waals surface area contributed by atoms with Crippen LogP contribution in [0, 0.1) is 5.82 Å². The van der Waals surface area contributed by atoms with Crippen LogP contribution in [0.5, 0.6) is 0 Å². The molecule has 2 rings (SSSR count). The summed E-state index contributed by atoms with van der Waals surface area (Å²) in [5, 5.41) is 0.106. The molecule has 1 N–H and O–H groups in total. The van der Waals surface area contributed by atoms with E-state index in [-0.39, 0.29) is 15.3 Å². The number of nitrogens with one attached hydrogen (secondary N) is 1. The molecule has 3 nitrogen and oxygen atoms in total. The SMILES string of the molecule is O=S(=O)(Cl)c1c[nH]c2cc(Cl)c(F)cc12. The summed E-state index contributed by atoms with van der Waals surface area (Å²) in [6, 6.07) is 2.33. The van der Waals surface area contributed by atoms with Crippen LogP contribution in [0.2, 0.25) is 5.02 Å². The molecule has 1 aromatic heterocycles. The van der Waals surface area contributed by atoms with Crippen LogP contribution in [0.3, 0.4) is 0 Å². The zero-order valence-corrected chi connectivity index (χ0v) is 9.42. The number of hydrogen-bond donors (Lipinski definition) is 1. The molecule has 0 saturated heterocycles. The Balaban J connectivity index is 2.87. The third-order valence-corrected chi connectivity index (χ3v) is 3.60. The summed E-state index contributed by atoms with van der Waals surface area (Å²) in [4.78, 5) is 2.49. The summed E-state index contributed by atoms with van der Waals surface area (Å²) in [5.74, 6) is -0.690. The first kappa shape index (κ1) is 10.7. The summed E-state index contributed by atoms with van der Waals surface area (Å²) in [7, 11) is 1.28. The lowest BCUT2D eigenvalue weighted by atomic mass is 10.2. The van der Waals surface area contributed by atoms with Crippen molar-refractivity contribution in [3.63, 3.8) is 0 Å². The average Bonchev–Trinajstić information content (AvgIpc) is 2.47. The van der Waals surface area contributed by atoms with E-state index in [0.717, 1.165) is 6.07 Å². The summed E-state index contributed by atoms with van der Waals surface area (Å²) in [6.45, 7) is 0. The molecule has 0 atom stereocenters. The average molecular weight is 268 g/mol. The lowest BCUT2D eigenvalue weighted by molar-refractivity contribution is 0.610. The minimum atomic E-state index is -3.88. The molecule has 0 amide bonds. The molecule has 7 heteroatoms.